The summed E-state index contributed by atoms with van der Waals surface area (Å²) >= 11 is 0. The molecule has 0 aliphatic carbocycles. The number of nitrogens with zero attached hydrogens (tertiary/aromatic N) is 1. The average Bonchev–Trinajstić information content (AvgIpc) is 2.54. The number of benzene rings is 2. The van der Waals surface area contributed by atoms with Gasteiger partial charge in [-0.1, -0.05) is 6.07 Å². The van der Waals surface area contributed by atoms with Crippen molar-refractivity contribution in [3.05, 3.63) is 59.7 Å². The van der Waals surface area contributed by atoms with Crippen LogP contribution in [0.1, 0.15) is 15.9 Å². The smallest absolute Gasteiger partial charge is 0.271 e. The lowest BCUT2D eigenvalue weighted by atomic mass is 10.2. The Labute approximate surface area is 132 Å². The SMILES string of the molecule is NC(=O)COc1ccc(/C=N/NC(=O)c2cccc(O)c2)cc1. The fraction of sp³-hybridized carbons (Fsp3) is 0.0625. The predicted octanol–water partition coefficient (Wildman–Crippen LogP) is 1.02. The van der Waals surface area contributed by atoms with Crippen molar-refractivity contribution in [2.45, 2.75) is 0 Å². The number of phenols is 1. The van der Waals surface area contributed by atoms with E-state index in [-0.39, 0.29) is 12.4 Å². The molecule has 0 bridgehead atoms. The second-order valence-electron chi connectivity index (χ2n) is 4.57. The quantitative estimate of drug-likeness (QED) is 0.545. The molecule has 2 aromatic rings. The molecule has 0 saturated heterocycles. The van der Waals surface area contributed by atoms with E-state index in [0.29, 0.717) is 11.3 Å². The topological polar surface area (TPSA) is 114 Å². The maximum Gasteiger partial charge on any atom is 0.271 e. The van der Waals surface area contributed by atoms with E-state index in [2.05, 4.69) is 10.5 Å². The van der Waals surface area contributed by atoms with Gasteiger partial charge in [-0.15, -0.1) is 0 Å². The van der Waals surface area contributed by atoms with E-state index in [1.807, 2.05) is 0 Å². The summed E-state index contributed by atoms with van der Waals surface area (Å²) in [5.41, 5.74) is 8.37. The number of hydrazone groups is 1. The third kappa shape index (κ3) is 5.16. The first kappa shape index (κ1) is 16.0. The number of nitrogens with two attached hydrogens (primary N) is 1. The van der Waals surface area contributed by atoms with Gasteiger partial charge in [0, 0.05) is 5.56 Å². The highest BCUT2D eigenvalue weighted by Gasteiger charge is 2.04. The van der Waals surface area contributed by atoms with Crippen LogP contribution in [0, 0.1) is 0 Å². The van der Waals surface area contributed by atoms with Gasteiger partial charge in [0.25, 0.3) is 11.8 Å². The van der Waals surface area contributed by atoms with Gasteiger partial charge >= 0.3 is 0 Å². The molecule has 0 spiro atoms. The van der Waals surface area contributed by atoms with Gasteiger partial charge in [0.2, 0.25) is 0 Å². The molecular weight excluding hydrogens is 298 g/mol. The Morgan fingerprint density at radius 2 is 1.96 bits per heavy atom. The Balaban J connectivity index is 1.90. The molecule has 0 aromatic heterocycles. The van der Waals surface area contributed by atoms with Crippen molar-refractivity contribution in [1.82, 2.24) is 5.43 Å². The Morgan fingerprint density at radius 1 is 1.22 bits per heavy atom. The highest BCUT2D eigenvalue weighted by atomic mass is 16.5. The summed E-state index contributed by atoms with van der Waals surface area (Å²) < 4.78 is 5.12. The molecule has 2 amide bonds. The lowest BCUT2D eigenvalue weighted by Gasteiger charge is -2.03. The van der Waals surface area contributed by atoms with Crippen LogP contribution >= 0.6 is 0 Å². The van der Waals surface area contributed by atoms with Crippen molar-refractivity contribution in [1.29, 1.82) is 0 Å². The summed E-state index contributed by atoms with van der Waals surface area (Å²) in [5, 5.41) is 13.1. The zero-order valence-corrected chi connectivity index (χ0v) is 12.1. The van der Waals surface area contributed by atoms with Crippen LogP contribution < -0.4 is 15.9 Å². The lowest BCUT2D eigenvalue weighted by molar-refractivity contribution is -0.119. The zero-order valence-electron chi connectivity index (χ0n) is 12.1. The highest BCUT2D eigenvalue weighted by Crippen LogP contribution is 2.11. The number of hydrogen-bond donors (Lipinski definition) is 3. The minimum absolute atomic E-state index is 0.00757. The Bertz CT molecular complexity index is 726. The number of ether oxygens (including phenoxy) is 1. The Morgan fingerprint density at radius 3 is 2.61 bits per heavy atom. The number of rotatable bonds is 6. The number of nitrogens with one attached hydrogen (secondary N) is 1. The molecule has 23 heavy (non-hydrogen) atoms. The van der Waals surface area contributed by atoms with Crippen LogP contribution in [0.2, 0.25) is 0 Å². The van der Waals surface area contributed by atoms with Gasteiger partial charge in [-0.05, 0) is 48.0 Å². The first-order valence-corrected chi connectivity index (χ1v) is 6.68. The van der Waals surface area contributed by atoms with Crippen molar-refractivity contribution in [2.75, 3.05) is 6.61 Å². The van der Waals surface area contributed by atoms with Crippen LogP contribution in [0.25, 0.3) is 0 Å². The van der Waals surface area contributed by atoms with Gasteiger partial charge < -0.3 is 15.6 Å². The monoisotopic (exact) mass is 313 g/mol. The van der Waals surface area contributed by atoms with E-state index < -0.39 is 11.8 Å². The second kappa shape index (κ2) is 7.60. The Hall–Kier alpha value is -3.35. The maximum atomic E-state index is 11.8. The molecule has 0 aliphatic heterocycles. The summed E-state index contributed by atoms with van der Waals surface area (Å²) in [6.07, 6.45) is 1.46. The molecule has 0 heterocycles. The minimum Gasteiger partial charge on any atom is -0.508 e. The summed E-state index contributed by atoms with van der Waals surface area (Å²) in [5.74, 6) is -0.471. The van der Waals surface area contributed by atoms with Crippen molar-refractivity contribution >= 4 is 18.0 Å². The van der Waals surface area contributed by atoms with Crippen LogP contribution in [0.4, 0.5) is 0 Å². The lowest BCUT2D eigenvalue weighted by Crippen LogP contribution is -2.20. The van der Waals surface area contributed by atoms with Crippen molar-refractivity contribution in [3.8, 4) is 11.5 Å². The van der Waals surface area contributed by atoms with E-state index in [1.54, 1.807) is 36.4 Å². The van der Waals surface area contributed by atoms with E-state index in [1.165, 1.54) is 18.3 Å². The number of amides is 2. The number of phenolic OH excluding ortho intramolecular Hbond substituents is 1. The number of primary amides is 1. The van der Waals surface area contributed by atoms with Crippen LogP contribution in [0.5, 0.6) is 11.5 Å². The molecule has 4 N–H and O–H groups in total. The maximum absolute atomic E-state index is 11.8. The van der Waals surface area contributed by atoms with Crippen LogP contribution in [0.3, 0.4) is 0 Å². The molecule has 0 saturated carbocycles. The fourth-order valence-electron chi connectivity index (χ4n) is 1.68. The van der Waals surface area contributed by atoms with Crippen LogP contribution in [0.15, 0.2) is 53.6 Å². The number of carbonyl (C=O) groups excluding carboxylic acids is 2. The zero-order chi connectivity index (χ0) is 16.7. The summed E-state index contributed by atoms with van der Waals surface area (Å²) in [7, 11) is 0. The summed E-state index contributed by atoms with van der Waals surface area (Å²) in [6.45, 7) is -0.187. The largest absolute Gasteiger partial charge is 0.508 e. The standard InChI is InChI=1S/C16H15N3O4/c17-15(21)10-23-14-6-4-11(5-7-14)9-18-19-16(22)12-2-1-3-13(20)8-12/h1-9,20H,10H2,(H2,17,21)(H,19,22)/b18-9+. The van der Waals surface area contributed by atoms with Gasteiger partial charge in [-0.25, -0.2) is 5.43 Å². The fourth-order valence-corrected chi connectivity index (χ4v) is 1.68. The predicted molar refractivity (Wildman–Crippen MR) is 84.3 cm³/mol. The minimum atomic E-state index is -0.551. The number of hydrogen-bond acceptors (Lipinski definition) is 5. The van der Waals surface area contributed by atoms with Crippen molar-refractivity contribution in [3.63, 3.8) is 0 Å². The van der Waals surface area contributed by atoms with Crippen LogP contribution in [-0.2, 0) is 4.79 Å². The van der Waals surface area contributed by atoms with E-state index in [9.17, 15) is 14.7 Å². The van der Waals surface area contributed by atoms with Crippen LogP contribution in [-0.4, -0.2) is 29.7 Å². The molecule has 2 rings (SSSR count). The molecule has 0 unspecified atom stereocenters. The third-order valence-corrected chi connectivity index (χ3v) is 2.75. The molecule has 0 aliphatic rings. The average molecular weight is 313 g/mol. The summed E-state index contributed by atoms with van der Waals surface area (Å²) in [6, 6.07) is 12.7. The summed E-state index contributed by atoms with van der Waals surface area (Å²) in [4.78, 5) is 22.4. The molecule has 2 aromatic carbocycles. The first-order valence-electron chi connectivity index (χ1n) is 6.68. The van der Waals surface area contributed by atoms with E-state index >= 15 is 0 Å². The molecule has 0 radical (unpaired) electrons. The molecule has 0 atom stereocenters. The van der Waals surface area contributed by atoms with Gasteiger partial charge in [-0.2, -0.15) is 5.10 Å². The van der Waals surface area contributed by atoms with Gasteiger partial charge in [0.1, 0.15) is 11.5 Å². The van der Waals surface area contributed by atoms with E-state index in [4.69, 9.17) is 10.5 Å². The molecule has 7 heteroatoms. The number of aromatic hydroxyl groups is 1. The molecule has 7 nitrogen and oxygen atoms in total. The van der Waals surface area contributed by atoms with Gasteiger partial charge in [0.15, 0.2) is 6.61 Å². The van der Waals surface area contributed by atoms with Crippen molar-refractivity contribution < 1.29 is 19.4 Å². The normalized spacial score (nSPS) is 10.4. The molecule has 118 valence electrons. The van der Waals surface area contributed by atoms with E-state index in [0.717, 1.165) is 5.56 Å². The van der Waals surface area contributed by atoms with Gasteiger partial charge in [0.05, 0.1) is 6.21 Å². The third-order valence-electron chi connectivity index (χ3n) is 2.75. The Kier molecular flexibility index (Phi) is 5.30. The molecular formula is C16H15N3O4. The number of carbonyl (C=O) groups is 2. The molecule has 0 fully saturated rings. The highest BCUT2D eigenvalue weighted by molar-refractivity contribution is 5.95. The second-order valence-corrected chi connectivity index (χ2v) is 4.57. The first-order chi connectivity index (χ1) is 11.0. The van der Waals surface area contributed by atoms with Gasteiger partial charge in [-0.3, -0.25) is 9.59 Å². The van der Waals surface area contributed by atoms with Crippen molar-refractivity contribution in [2.24, 2.45) is 10.8 Å².